The number of benzene rings is 1. The number of nitrogens with zero attached hydrogens (tertiary/aromatic N) is 2. The van der Waals surface area contributed by atoms with Crippen molar-refractivity contribution in [2.24, 2.45) is 13.0 Å². The predicted molar refractivity (Wildman–Crippen MR) is 86.3 cm³/mol. The van der Waals surface area contributed by atoms with Gasteiger partial charge in [-0.3, -0.25) is 4.79 Å². The zero-order valence-corrected chi connectivity index (χ0v) is 13.0. The molecule has 114 valence electrons. The molecule has 0 bridgehead atoms. The average molecular weight is 294 g/mol. The molecule has 2 fully saturated rings. The van der Waals surface area contributed by atoms with Gasteiger partial charge in [-0.05, 0) is 42.9 Å². The Morgan fingerprint density at radius 3 is 2.59 bits per heavy atom. The van der Waals surface area contributed by atoms with Crippen LogP contribution in [0.1, 0.15) is 36.4 Å². The van der Waals surface area contributed by atoms with Crippen LogP contribution in [0.5, 0.6) is 0 Å². The van der Waals surface area contributed by atoms with E-state index >= 15 is 0 Å². The number of aromatic nitrogens is 1. The van der Waals surface area contributed by atoms with E-state index in [0.717, 1.165) is 13.0 Å². The maximum atomic E-state index is 12.9. The standard InChI is InChI=1S/C19H22N2O/c1-20-11-5-8-16(20)13-21(15-9-10-15)19(22)18-12-17(18)14-6-3-2-4-7-14/h2-8,11,15,17-18H,9-10,12-13H2,1H3. The highest BCUT2D eigenvalue weighted by Gasteiger charge is 2.48. The van der Waals surface area contributed by atoms with Crippen molar-refractivity contribution < 1.29 is 4.79 Å². The fourth-order valence-electron chi connectivity index (χ4n) is 3.36. The summed E-state index contributed by atoms with van der Waals surface area (Å²) in [6.45, 7) is 0.755. The third-order valence-electron chi connectivity index (χ3n) is 4.99. The lowest BCUT2D eigenvalue weighted by molar-refractivity contribution is -0.134. The van der Waals surface area contributed by atoms with E-state index in [0.29, 0.717) is 17.9 Å². The molecule has 0 saturated heterocycles. The van der Waals surface area contributed by atoms with Crippen molar-refractivity contribution >= 4 is 5.91 Å². The highest BCUT2D eigenvalue weighted by molar-refractivity contribution is 5.83. The van der Waals surface area contributed by atoms with E-state index in [1.54, 1.807) is 0 Å². The molecule has 2 aromatic rings. The Kier molecular flexibility index (Phi) is 3.29. The molecule has 2 saturated carbocycles. The molecule has 22 heavy (non-hydrogen) atoms. The SMILES string of the molecule is Cn1cccc1CN(C(=O)C1CC1c1ccccc1)C1CC1. The van der Waals surface area contributed by atoms with E-state index in [1.165, 1.54) is 24.1 Å². The first-order valence-electron chi connectivity index (χ1n) is 8.19. The zero-order valence-electron chi connectivity index (χ0n) is 13.0. The number of rotatable bonds is 5. The third kappa shape index (κ3) is 2.56. The van der Waals surface area contributed by atoms with Crippen molar-refractivity contribution in [2.45, 2.75) is 37.8 Å². The molecular weight excluding hydrogens is 272 g/mol. The van der Waals surface area contributed by atoms with Crippen molar-refractivity contribution in [3.05, 3.63) is 59.9 Å². The normalized spacial score (nSPS) is 23.3. The quantitative estimate of drug-likeness (QED) is 0.830. The number of amides is 1. The molecule has 0 aliphatic heterocycles. The van der Waals surface area contributed by atoms with Gasteiger partial charge in [-0.2, -0.15) is 0 Å². The van der Waals surface area contributed by atoms with Crippen molar-refractivity contribution in [2.75, 3.05) is 0 Å². The summed E-state index contributed by atoms with van der Waals surface area (Å²) in [5, 5.41) is 0. The maximum absolute atomic E-state index is 12.9. The molecule has 2 aliphatic rings. The van der Waals surface area contributed by atoms with Gasteiger partial charge in [-0.1, -0.05) is 30.3 Å². The van der Waals surface area contributed by atoms with Gasteiger partial charge in [-0.15, -0.1) is 0 Å². The summed E-state index contributed by atoms with van der Waals surface area (Å²) in [6.07, 6.45) is 5.39. The molecule has 1 aromatic heterocycles. The lowest BCUT2D eigenvalue weighted by Gasteiger charge is -2.23. The average Bonchev–Trinajstić information content (AvgIpc) is 3.45. The van der Waals surface area contributed by atoms with Gasteiger partial charge in [0.2, 0.25) is 5.91 Å². The number of aryl methyl sites for hydroxylation is 1. The van der Waals surface area contributed by atoms with Gasteiger partial charge in [0.05, 0.1) is 6.54 Å². The minimum Gasteiger partial charge on any atom is -0.353 e. The summed E-state index contributed by atoms with van der Waals surface area (Å²) >= 11 is 0. The number of hydrogen-bond acceptors (Lipinski definition) is 1. The second-order valence-corrected chi connectivity index (χ2v) is 6.67. The highest BCUT2D eigenvalue weighted by Crippen LogP contribution is 2.49. The molecule has 4 rings (SSSR count). The summed E-state index contributed by atoms with van der Waals surface area (Å²) in [5.41, 5.74) is 2.53. The first-order valence-corrected chi connectivity index (χ1v) is 8.19. The Balaban J connectivity index is 1.47. The Morgan fingerprint density at radius 1 is 1.18 bits per heavy atom. The monoisotopic (exact) mass is 294 g/mol. The Morgan fingerprint density at radius 2 is 1.95 bits per heavy atom. The first-order chi connectivity index (χ1) is 10.7. The minimum absolute atomic E-state index is 0.197. The molecule has 1 amide bonds. The predicted octanol–water partition coefficient (Wildman–Crippen LogP) is 3.32. The van der Waals surface area contributed by atoms with Gasteiger partial charge in [0.25, 0.3) is 0 Å². The fourth-order valence-corrected chi connectivity index (χ4v) is 3.36. The van der Waals surface area contributed by atoms with Crippen molar-refractivity contribution in [1.82, 2.24) is 9.47 Å². The molecule has 1 aromatic carbocycles. The van der Waals surface area contributed by atoms with E-state index in [2.05, 4.69) is 59.1 Å². The maximum Gasteiger partial charge on any atom is 0.226 e. The lowest BCUT2D eigenvalue weighted by Crippen LogP contribution is -2.34. The Hall–Kier alpha value is -2.03. The molecule has 0 radical (unpaired) electrons. The van der Waals surface area contributed by atoms with Crippen molar-refractivity contribution in [3.63, 3.8) is 0 Å². The smallest absolute Gasteiger partial charge is 0.226 e. The molecular formula is C19H22N2O. The van der Waals surface area contributed by atoms with Crippen LogP contribution in [0.3, 0.4) is 0 Å². The van der Waals surface area contributed by atoms with Crippen LogP contribution in [-0.4, -0.2) is 21.4 Å². The minimum atomic E-state index is 0.197. The van der Waals surface area contributed by atoms with Gasteiger partial charge in [0.15, 0.2) is 0 Å². The largest absolute Gasteiger partial charge is 0.353 e. The lowest BCUT2D eigenvalue weighted by atomic mass is 10.1. The van der Waals surface area contributed by atoms with Crippen LogP contribution in [-0.2, 0) is 18.4 Å². The van der Waals surface area contributed by atoms with E-state index in [1.807, 2.05) is 6.07 Å². The molecule has 2 atom stereocenters. The van der Waals surface area contributed by atoms with Gasteiger partial charge in [-0.25, -0.2) is 0 Å². The van der Waals surface area contributed by atoms with Gasteiger partial charge in [0, 0.05) is 30.9 Å². The van der Waals surface area contributed by atoms with Gasteiger partial charge in [0.1, 0.15) is 0 Å². The summed E-state index contributed by atoms with van der Waals surface area (Å²) in [5.74, 6) is 0.990. The van der Waals surface area contributed by atoms with Crippen LogP contribution in [0.15, 0.2) is 48.7 Å². The van der Waals surface area contributed by atoms with Crippen LogP contribution >= 0.6 is 0 Å². The van der Waals surface area contributed by atoms with Gasteiger partial charge < -0.3 is 9.47 Å². The molecule has 2 aliphatic carbocycles. The fraction of sp³-hybridized carbons (Fsp3) is 0.421. The molecule has 0 N–H and O–H groups in total. The van der Waals surface area contributed by atoms with E-state index in [4.69, 9.17) is 0 Å². The number of hydrogen-bond donors (Lipinski definition) is 0. The van der Waals surface area contributed by atoms with E-state index < -0.39 is 0 Å². The first kappa shape index (κ1) is 13.6. The van der Waals surface area contributed by atoms with Gasteiger partial charge >= 0.3 is 0 Å². The molecule has 1 heterocycles. The zero-order chi connectivity index (χ0) is 15.1. The molecule has 3 heteroatoms. The summed E-state index contributed by atoms with van der Waals surface area (Å²) in [7, 11) is 2.05. The van der Waals surface area contributed by atoms with E-state index in [9.17, 15) is 4.79 Å². The molecule has 0 spiro atoms. The van der Waals surface area contributed by atoms with Crippen LogP contribution in [0, 0.1) is 5.92 Å². The molecule has 2 unspecified atom stereocenters. The van der Waals surface area contributed by atoms with E-state index in [-0.39, 0.29) is 5.92 Å². The summed E-state index contributed by atoms with van der Waals surface area (Å²) in [6, 6.07) is 15.1. The topological polar surface area (TPSA) is 25.2 Å². The van der Waals surface area contributed by atoms with Crippen molar-refractivity contribution in [1.29, 1.82) is 0 Å². The van der Waals surface area contributed by atoms with Crippen LogP contribution in [0.4, 0.5) is 0 Å². The third-order valence-corrected chi connectivity index (χ3v) is 4.99. The molecule has 3 nitrogen and oxygen atoms in total. The number of carbonyl (C=O) groups excluding carboxylic acids is 1. The van der Waals surface area contributed by atoms with Crippen LogP contribution in [0.2, 0.25) is 0 Å². The number of carbonyl (C=O) groups is 1. The second kappa shape index (κ2) is 5.31. The van der Waals surface area contributed by atoms with Crippen LogP contribution < -0.4 is 0 Å². The van der Waals surface area contributed by atoms with Crippen molar-refractivity contribution in [3.8, 4) is 0 Å². The Bertz CT molecular complexity index is 672. The highest BCUT2D eigenvalue weighted by atomic mass is 16.2. The van der Waals surface area contributed by atoms with Crippen LogP contribution in [0.25, 0.3) is 0 Å². The summed E-state index contributed by atoms with van der Waals surface area (Å²) in [4.78, 5) is 15.1. The second-order valence-electron chi connectivity index (χ2n) is 6.67. The summed E-state index contributed by atoms with van der Waals surface area (Å²) < 4.78 is 2.12. The Labute approximate surface area is 131 Å².